The maximum absolute atomic E-state index is 6.10. The van der Waals surface area contributed by atoms with E-state index < -0.39 is 0 Å². The summed E-state index contributed by atoms with van der Waals surface area (Å²) >= 11 is 12.0. The zero-order chi connectivity index (χ0) is 9.97. The van der Waals surface area contributed by atoms with Gasteiger partial charge in [0, 0.05) is 5.56 Å². The fraction of sp³-hybridized carbons (Fsp3) is 0. The van der Waals surface area contributed by atoms with Crippen LogP contribution in [-0.4, -0.2) is 0 Å². The Morgan fingerprint density at radius 1 is 0.733 bits per heavy atom. The molecule has 0 bridgehead atoms. The van der Waals surface area contributed by atoms with Crippen molar-refractivity contribution in [3.8, 4) is 11.1 Å². The van der Waals surface area contributed by atoms with Crippen LogP contribution in [0.25, 0.3) is 11.1 Å². The molecule has 0 N–H and O–H groups in total. The first-order chi connectivity index (χ1) is 6.79. The van der Waals surface area contributed by atoms with Crippen LogP contribution in [0.3, 0.4) is 0 Å². The van der Waals surface area contributed by atoms with Gasteiger partial charge in [0.05, 0.1) is 10.0 Å². The molecule has 0 atom stereocenters. The second-order valence-corrected chi connectivity index (χ2v) is 3.75. The van der Waals surface area contributed by atoms with Crippen LogP contribution in [0.5, 0.6) is 0 Å². The van der Waals surface area contributed by atoms with Gasteiger partial charge in [-0.25, -0.2) is 0 Å². The summed E-state index contributed by atoms with van der Waals surface area (Å²) in [6.07, 6.45) is 0. The zero-order valence-electron chi connectivity index (χ0n) is 7.78. The molecule has 0 aliphatic rings. The van der Waals surface area contributed by atoms with Gasteiger partial charge in [0.1, 0.15) is 0 Å². The lowest BCUT2D eigenvalue weighted by atomic mass is 10.1. The van der Waals surface area contributed by atoms with E-state index in [-0.39, 0.29) is 24.0 Å². The molecule has 15 heavy (non-hydrogen) atoms. The first-order valence-electron chi connectivity index (χ1n) is 4.28. The molecule has 0 spiro atoms. The summed E-state index contributed by atoms with van der Waals surface area (Å²) in [6, 6.07) is 15.6. The summed E-state index contributed by atoms with van der Waals surface area (Å²) < 4.78 is 0. The van der Waals surface area contributed by atoms with Gasteiger partial charge < -0.3 is 0 Å². The molecular weight excluding hydrogens is 342 g/mol. The zero-order valence-corrected chi connectivity index (χ0v) is 11.6. The van der Waals surface area contributed by atoms with Gasteiger partial charge in [-0.05, 0) is 11.6 Å². The first kappa shape index (κ1) is 12.8. The largest absolute Gasteiger partial charge is 0.107 e. The van der Waals surface area contributed by atoms with Crippen molar-refractivity contribution < 1.29 is 0 Å². The third kappa shape index (κ3) is 2.86. The first-order valence-corrected chi connectivity index (χ1v) is 5.04. The van der Waals surface area contributed by atoms with Gasteiger partial charge in [0.2, 0.25) is 0 Å². The molecule has 0 radical (unpaired) electrons. The van der Waals surface area contributed by atoms with Gasteiger partial charge in [-0.3, -0.25) is 0 Å². The van der Waals surface area contributed by atoms with Crippen LogP contribution in [0.15, 0.2) is 48.5 Å². The van der Waals surface area contributed by atoms with E-state index in [1.165, 1.54) is 0 Å². The predicted octanol–water partition coefficient (Wildman–Crippen LogP) is 5.28. The Morgan fingerprint density at radius 3 is 2.07 bits per heavy atom. The maximum Gasteiger partial charge on any atom is 0.0670 e. The monoisotopic (exact) mass is 350 g/mol. The number of halogens is 3. The highest BCUT2D eigenvalue weighted by atomic mass is 127. The Labute approximate surface area is 116 Å². The van der Waals surface area contributed by atoms with Crippen LogP contribution in [0.2, 0.25) is 10.0 Å². The van der Waals surface area contributed by atoms with Crippen molar-refractivity contribution in [3.63, 3.8) is 0 Å². The Hall–Kier alpha value is -0.250. The molecule has 0 aliphatic heterocycles. The normalized spacial score (nSPS) is 9.47. The molecular formula is C12H9Cl2I. The molecule has 0 saturated heterocycles. The molecule has 0 amide bonds. The molecule has 78 valence electrons. The van der Waals surface area contributed by atoms with Gasteiger partial charge >= 0.3 is 0 Å². The fourth-order valence-electron chi connectivity index (χ4n) is 1.34. The highest BCUT2D eigenvalue weighted by Crippen LogP contribution is 2.32. The molecule has 2 rings (SSSR count). The third-order valence-electron chi connectivity index (χ3n) is 2.04. The lowest BCUT2D eigenvalue weighted by molar-refractivity contribution is 1.62. The van der Waals surface area contributed by atoms with Gasteiger partial charge in [-0.2, -0.15) is 0 Å². The Morgan fingerprint density at radius 2 is 1.40 bits per heavy atom. The van der Waals surface area contributed by atoms with Crippen LogP contribution >= 0.6 is 47.2 Å². The van der Waals surface area contributed by atoms with E-state index in [0.717, 1.165) is 11.1 Å². The summed E-state index contributed by atoms with van der Waals surface area (Å²) in [5.41, 5.74) is 2.06. The number of hydrogen-bond donors (Lipinski definition) is 0. The van der Waals surface area contributed by atoms with Crippen molar-refractivity contribution in [3.05, 3.63) is 58.6 Å². The molecule has 2 aromatic carbocycles. The smallest absolute Gasteiger partial charge is 0.0670 e. The summed E-state index contributed by atoms with van der Waals surface area (Å²) in [4.78, 5) is 0. The van der Waals surface area contributed by atoms with E-state index in [2.05, 4.69) is 0 Å². The van der Waals surface area contributed by atoms with Crippen molar-refractivity contribution >= 4 is 47.2 Å². The summed E-state index contributed by atoms with van der Waals surface area (Å²) in [5, 5.41) is 1.20. The third-order valence-corrected chi connectivity index (χ3v) is 2.86. The lowest BCUT2D eigenvalue weighted by Crippen LogP contribution is -1.79. The lowest BCUT2D eigenvalue weighted by Gasteiger charge is -2.04. The average molecular weight is 351 g/mol. The quantitative estimate of drug-likeness (QED) is 0.614. The van der Waals surface area contributed by atoms with Crippen LogP contribution < -0.4 is 0 Å². The van der Waals surface area contributed by atoms with E-state index in [4.69, 9.17) is 23.2 Å². The van der Waals surface area contributed by atoms with Crippen molar-refractivity contribution in [2.75, 3.05) is 0 Å². The Kier molecular flexibility index (Phi) is 4.90. The van der Waals surface area contributed by atoms with E-state index in [9.17, 15) is 0 Å². The van der Waals surface area contributed by atoms with Crippen molar-refractivity contribution in [2.24, 2.45) is 0 Å². The molecule has 0 aliphatic carbocycles. The number of rotatable bonds is 1. The molecule has 3 heteroatoms. The number of benzene rings is 2. The highest BCUT2D eigenvalue weighted by Gasteiger charge is 2.05. The topological polar surface area (TPSA) is 0 Å². The van der Waals surface area contributed by atoms with Gasteiger partial charge in [-0.15, -0.1) is 24.0 Å². The summed E-state index contributed by atoms with van der Waals surface area (Å²) in [5.74, 6) is 0. The minimum Gasteiger partial charge on any atom is -0.107 e. The molecule has 0 heterocycles. The van der Waals surface area contributed by atoms with Crippen LogP contribution in [0.4, 0.5) is 0 Å². The molecule has 0 unspecified atom stereocenters. The van der Waals surface area contributed by atoms with E-state index in [1.807, 2.05) is 42.5 Å². The molecule has 0 aromatic heterocycles. The van der Waals surface area contributed by atoms with E-state index in [1.54, 1.807) is 6.07 Å². The molecule has 0 fully saturated rings. The summed E-state index contributed by atoms with van der Waals surface area (Å²) in [7, 11) is 0. The minimum absolute atomic E-state index is 0. The second kappa shape index (κ2) is 5.73. The van der Waals surface area contributed by atoms with Crippen LogP contribution in [0, 0.1) is 0 Å². The SMILES string of the molecule is Clc1cccc(-c2ccccc2)c1Cl.I. The summed E-state index contributed by atoms with van der Waals surface area (Å²) in [6.45, 7) is 0. The second-order valence-electron chi connectivity index (χ2n) is 2.97. The predicted molar refractivity (Wildman–Crippen MR) is 77.3 cm³/mol. The molecule has 0 nitrogen and oxygen atoms in total. The Balaban J connectivity index is 0.00000112. The highest BCUT2D eigenvalue weighted by molar-refractivity contribution is 14.0. The van der Waals surface area contributed by atoms with E-state index >= 15 is 0 Å². The van der Waals surface area contributed by atoms with Crippen LogP contribution in [0.1, 0.15) is 0 Å². The average Bonchev–Trinajstić information content (AvgIpc) is 2.23. The molecule has 0 saturated carbocycles. The van der Waals surface area contributed by atoms with E-state index in [0.29, 0.717) is 10.0 Å². The van der Waals surface area contributed by atoms with Crippen molar-refractivity contribution in [1.29, 1.82) is 0 Å². The Bertz CT molecular complexity index is 441. The van der Waals surface area contributed by atoms with Crippen LogP contribution in [-0.2, 0) is 0 Å². The number of hydrogen-bond acceptors (Lipinski definition) is 0. The molecule has 2 aromatic rings. The standard InChI is InChI=1S/C12H8Cl2.HI/c13-11-8-4-7-10(12(11)14)9-5-2-1-3-6-9;/h1-8H;1H. The van der Waals surface area contributed by atoms with Crippen molar-refractivity contribution in [1.82, 2.24) is 0 Å². The van der Waals surface area contributed by atoms with Gasteiger partial charge in [-0.1, -0.05) is 65.7 Å². The maximum atomic E-state index is 6.10. The fourth-order valence-corrected chi connectivity index (χ4v) is 1.75. The van der Waals surface area contributed by atoms with Gasteiger partial charge in [0.15, 0.2) is 0 Å². The van der Waals surface area contributed by atoms with Gasteiger partial charge in [0.25, 0.3) is 0 Å². The van der Waals surface area contributed by atoms with Crippen molar-refractivity contribution in [2.45, 2.75) is 0 Å². The minimum atomic E-state index is 0.